The summed E-state index contributed by atoms with van der Waals surface area (Å²) in [5, 5.41) is 8.32. The van der Waals surface area contributed by atoms with Crippen molar-refractivity contribution in [3.05, 3.63) is 41.0 Å². The molecule has 0 radical (unpaired) electrons. The monoisotopic (exact) mass is 229 g/mol. The molecule has 0 saturated carbocycles. The van der Waals surface area contributed by atoms with Crippen LogP contribution in [-0.2, 0) is 0 Å². The lowest BCUT2D eigenvalue weighted by Gasteiger charge is -2.24. The molecule has 0 saturated heterocycles. The normalized spacial score (nSPS) is 16.7. The smallest absolute Gasteiger partial charge is 0.0677 e. The highest BCUT2D eigenvalue weighted by Gasteiger charge is 2.17. The van der Waals surface area contributed by atoms with Crippen LogP contribution in [0.1, 0.15) is 17.5 Å². The van der Waals surface area contributed by atoms with Crippen LogP contribution in [0.3, 0.4) is 0 Å². The highest BCUT2D eigenvalue weighted by atomic mass is 15.1. The third kappa shape index (κ3) is 2.39. The van der Waals surface area contributed by atoms with Gasteiger partial charge >= 0.3 is 0 Å². The third-order valence-electron chi connectivity index (χ3n) is 3.22. The van der Waals surface area contributed by atoms with Crippen LogP contribution in [-0.4, -0.2) is 30.7 Å². The van der Waals surface area contributed by atoms with Gasteiger partial charge in [-0.2, -0.15) is 0 Å². The van der Waals surface area contributed by atoms with Gasteiger partial charge in [-0.25, -0.2) is 0 Å². The Balaban J connectivity index is 2.34. The van der Waals surface area contributed by atoms with Gasteiger partial charge in [0, 0.05) is 24.3 Å². The first-order chi connectivity index (χ1) is 8.09. The van der Waals surface area contributed by atoms with Crippen molar-refractivity contribution in [2.75, 3.05) is 25.9 Å². The molecule has 0 unspecified atom stereocenters. The van der Waals surface area contributed by atoms with E-state index >= 15 is 0 Å². The number of nitrogen functional groups attached to an aromatic ring is 1. The van der Waals surface area contributed by atoms with Crippen molar-refractivity contribution in [1.29, 1.82) is 5.41 Å². The second-order valence-electron chi connectivity index (χ2n) is 4.67. The van der Waals surface area contributed by atoms with Gasteiger partial charge in [0.25, 0.3) is 0 Å². The van der Waals surface area contributed by atoms with Gasteiger partial charge < -0.3 is 10.6 Å². The first-order valence-corrected chi connectivity index (χ1v) is 5.91. The van der Waals surface area contributed by atoms with Gasteiger partial charge in [-0.3, -0.25) is 5.41 Å². The summed E-state index contributed by atoms with van der Waals surface area (Å²) < 4.78 is 0. The lowest BCUT2D eigenvalue weighted by molar-refractivity contribution is 0.360. The van der Waals surface area contributed by atoms with E-state index < -0.39 is 0 Å². The summed E-state index contributed by atoms with van der Waals surface area (Å²) in [6, 6.07) is 5.81. The molecule has 3 heteroatoms. The molecule has 0 amide bonds. The summed E-state index contributed by atoms with van der Waals surface area (Å²) >= 11 is 0. The Morgan fingerprint density at radius 2 is 2.18 bits per heavy atom. The Hall–Kier alpha value is -1.61. The molecule has 1 aromatic rings. The zero-order chi connectivity index (χ0) is 12.4. The van der Waals surface area contributed by atoms with E-state index in [4.69, 9.17) is 11.1 Å². The molecule has 1 aromatic carbocycles. The van der Waals surface area contributed by atoms with E-state index in [1.807, 2.05) is 25.1 Å². The van der Waals surface area contributed by atoms with Gasteiger partial charge in [-0.1, -0.05) is 18.2 Å². The van der Waals surface area contributed by atoms with Gasteiger partial charge in [0.15, 0.2) is 0 Å². The van der Waals surface area contributed by atoms with Crippen LogP contribution >= 0.6 is 0 Å². The van der Waals surface area contributed by atoms with Gasteiger partial charge in [0.1, 0.15) is 0 Å². The Kier molecular flexibility index (Phi) is 3.29. The van der Waals surface area contributed by atoms with Crippen LogP contribution in [0.4, 0.5) is 5.69 Å². The third-order valence-corrected chi connectivity index (χ3v) is 3.22. The van der Waals surface area contributed by atoms with E-state index in [1.165, 1.54) is 0 Å². The van der Waals surface area contributed by atoms with Gasteiger partial charge in [-0.15, -0.1) is 0 Å². The summed E-state index contributed by atoms with van der Waals surface area (Å²) in [4.78, 5) is 2.23. The number of aryl methyl sites for hydroxylation is 1. The van der Waals surface area contributed by atoms with E-state index in [0.29, 0.717) is 11.4 Å². The molecule has 0 fully saturated rings. The molecule has 0 bridgehead atoms. The Bertz CT molecular complexity index is 454. The van der Waals surface area contributed by atoms with Crippen molar-refractivity contribution in [2.24, 2.45) is 0 Å². The Morgan fingerprint density at radius 3 is 2.82 bits per heavy atom. The quantitative estimate of drug-likeness (QED) is 0.603. The topological polar surface area (TPSA) is 53.1 Å². The molecular formula is C14H19N3. The average molecular weight is 229 g/mol. The number of rotatable bonds is 2. The van der Waals surface area contributed by atoms with E-state index in [-0.39, 0.29) is 0 Å². The van der Waals surface area contributed by atoms with E-state index in [2.05, 4.69) is 18.0 Å². The van der Waals surface area contributed by atoms with Crippen LogP contribution < -0.4 is 5.73 Å². The predicted octanol–water partition coefficient (Wildman–Crippen LogP) is 2.21. The van der Waals surface area contributed by atoms with Crippen LogP contribution in [0.5, 0.6) is 0 Å². The summed E-state index contributed by atoms with van der Waals surface area (Å²) in [6.07, 6.45) is 3.17. The molecule has 2 rings (SSSR count). The molecule has 17 heavy (non-hydrogen) atoms. The number of benzene rings is 1. The number of nitrogens with two attached hydrogens (primary N) is 1. The molecule has 1 aliphatic heterocycles. The Morgan fingerprint density at radius 1 is 1.41 bits per heavy atom. The van der Waals surface area contributed by atoms with Crippen molar-refractivity contribution in [3.63, 3.8) is 0 Å². The molecule has 1 heterocycles. The molecule has 3 nitrogen and oxygen atoms in total. The zero-order valence-corrected chi connectivity index (χ0v) is 10.5. The molecule has 0 aromatic heterocycles. The van der Waals surface area contributed by atoms with Crippen LogP contribution in [0.2, 0.25) is 0 Å². The number of anilines is 1. The van der Waals surface area contributed by atoms with Crippen molar-refractivity contribution < 1.29 is 0 Å². The van der Waals surface area contributed by atoms with Crippen molar-refractivity contribution in [1.82, 2.24) is 4.90 Å². The first kappa shape index (κ1) is 11.9. The van der Waals surface area contributed by atoms with Crippen LogP contribution in [0.15, 0.2) is 29.8 Å². The van der Waals surface area contributed by atoms with Crippen molar-refractivity contribution in [2.45, 2.75) is 13.3 Å². The highest BCUT2D eigenvalue weighted by molar-refractivity contribution is 6.14. The molecule has 3 N–H and O–H groups in total. The maximum atomic E-state index is 8.32. The van der Waals surface area contributed by atoms with Crippen molar-refractivity contribution in [3.8, 4) is 0 Å². The molecule has 0 atom stereocenters. The van der Waals surface area contributed by atoms with E-state index in [0.717, 1.165) is 36.2 Å². The maximum absolute atomic E-state index is 8.32. The molecule has 90 valence electrons. The second-order valence-corrected chi connectivity index (χ2v) is 4.67. The van der Waals surface area contributed by atoms with Crippen LogP contribution in [0.25, 0.3) is 0 Å². The number of nitrogens with zero attached hydrogens (tertiary/aromatic N) is 1. The van der Waals surface area contributed by atoms with Crippen LogP contribution in [0, 0.1) is 12.3 Å². The van der Waals surface area contributed by atoms with Gasteiger partial charge in [-0.05, 0) is 37.6 Å². The summed E-state index contributed by atoms with van der Waals surface area (Å²) in [5.74, 6) is 0. The summed E-state index contributed by atoms with van der Waals surface area (Å²) in [7, 11) is 2.08. The number of likely N-dealkylation sites (N-methyl/N-ethyl adjacent to an activating group) is 1. The minimum absolute atomic E-state index is 0.576. The standard InChI is InChI=1S/C14H19N3/c1-10-5-3-7-12(15)13(10)14(16)11-6-4-8-17(2)9-11/h3,5-7,16H,4,8-9,15H2,1-2H3. The SMILES string of the molecule is Cc1cccc(N)c1C(=N)C1=CCCN(C)C1. The number of hydrogen-bond acceptors (Lipinski definition) is 3. The fourth-order valence-electron chi connectivity index (χ4n) is 2.27. The molecular weight excluding hydrogens is 210 g/mol. The number of hydrogen-bond donors (Lipinski definition) is 2. The van der Waals surface area contributed by atoms with E-state index in [1.54, 1.807) is 0 Å². The lowest BCUT2D eigenvalue weighted by Crippen LogP contribution is -2.29. The molecule has 1 aliphatic rings. The predicted molar refractivity (Wildman–Crippen MR) is 72.6 cm³/mol. The fraction of sp³-hybridized carbons (Fsp3) is 0.357. The molecule has 0 spiro atoms. The fourth-order valence-corrected chi connectivity index (χ4v) is 2.27. The van der Waals surface area contributed by atoms with Gasteiger partial charge in [0.2, 0.25) is 0 Å². The van der Waals surface area contributed by atoms with Gasteiger partial charge in [0.05, 0.1) is 5.71 Å². The maximum Gasteiger partial charge on any atom is 0.0677 e. The summed E-state index contributed by atoms with van der Waals surface area (Å²) in [6.45, 7) is 3.92. The number of nitrogens with one attached hydrogen (secondary N) is 1. The van der Waals surface area contributed by atoms with E-state index in [9.17, 15) is 0 Å². The lowest BCUT2D eigenvalue weighted by atomic mass is 9.94. The Labute approximate surface area is 102 Å². The minimum atomic E-state index is 0.576. The first-order valence-electron chi connectivity index (χ1n) is 5.91. The highest BCUT2D eigenvalue weighted by Crippen LogP contribution is 2.22. The average Bonchev–Trinajstić information content (AvgIpc) is 2.28. The summed E-state index contributed by atoms with van der Waals surface area (Å²) in [5.41, 5.74) is 10.3. The largest absolute Gasteiger partial charge is 0.398 e. The van der Waals surface area contributed by atoms with Crippen molar-refractivity contribution >= 4 is 11.4 Å². The minimum Gasteiger partial charge on any atom is -0.398 e. The zero-order valence-electron chi connectivity index (χ0n) is 10.5. The second kappa shape index (κ2) is 4.72. The molecule has 0 aliphatic carbocycles.